The first kappa shape index (κ1) is 20.0. The number of hydrogen-bond acceptors (Lipinski definition) is 7. The number of nitrogen functional groups attached to an aromatic ring is 1. The van der Waals surface area contributed by atoms with Crippen molar-refractivity contribution in [3.63, 3.8) is 0 Å². The number of carbonyl (C=O) groups excluding carboxylic acids is 1. The van der Waals surface area contributed by atoms with Crippen molar-refractivity contribution >= 4 is 35.2 Å². The van der Waals surface area contributed by atoms with Gasteiger partial charge in [0.1, 0.15) is 12.1 Å². The fraction of sp³-hybridized carbons (Fsp3) is 0.625. The van der Waals surface area contributed by atoms with Crippen LogP contribution in [0.5, 0.6) is 0 Å². The zero-order valence-corrected chi connectivity index (χ0v) is 15.8. The normalized spacial score (nSPS) is 16.8. The monoisotopic (exact) mass is 385 g/mol. The quantitative estimate of drug-likeness (QED) is 0.716. The highest BCUT2D eigenvalue weighted by Crippen LogP contribution is 2.27. The van der Waals surface area contributed by atoms with Gasteiger partial charge in [-0.15, -0.1) is 10.2 Å². The first-order valence-electron chi connectivity index (χ1n) is 8.31. The number of aliphatic carboxylic acids is 1. The molecule has 0 spiro atoms. The van der Waals surface area contributed by atoms with Crippen molar-refractivity contribution in [2.75, 3.05) is 23.7 Å². The standard InChI is InChI=1S/C16H24ClN5O4/c1-16(2,3)12(14(23)24)19-15(25)26-9-4-6-22(7-5-9)10-8-11(17)20-21-13(10)18/h8-9,12H,4-7H2,1-3H3,(H2,18,21)(H,19,25)(H,23,24). The minimum absolute atomic E-state index is 0.258. The number of carboxylic acids is 1. The number of piperidine rings is 1. The van der Waals surface area contributed by atoms with Crippen molar-refractivity contribution in [2.24, 2.45) is 5.41 Å². The molecule has 1 aliphatic heterocycles. The number of aromatic nitrogens is 2. The maximum Gasteiger partial charge on any atom is 0.408 e. The van der Waals surface area contributed by atoms with E-state index in [0.29, 0.717) is 37.4 Å². The van der Waals surface area contributed by atoms with Gasteiger partial charge in [-0.1, -0.05) is 32.4 Å². The Bertz CT molecular complexity index is 671. The van der Waals surface area contributed by atoms with Gasteiger partial charge >= 0.3 is 12.1 Å². The lowest BCUT2D eigenvalue weighted by Crippen LogP contribution is -2.50. The number of carboxylic acid groups (broad SMARTS) is 1. The van der Waals surface area contributed by atoms with Gasteiger partial charge in [-0.25, -0.2) is 9.59 Å². The number of nitrogens with zero attached hydrogens (tertiary/aromatic N) is 3. The number of nitrogens with one attached hydrogen (secondary N) is 1. The summed E-state index contributed by atoms with van der Waals surface area (Å²) in [6.45, 7) is 6.42. The third kappa shape index (κ3) is 5.10. The number of carbonyl (C=O) groups is 2. The van der Waals surface area contributed by atoms with Crippen LogP contribution in [0.1, 0.15) is 33.6 Å². The Balaban J connectivity index is 1.89. The van der Waals surface area contributed by atoms with E-state index in [1.54, 1.807) is 26.8 Å². The van der Waals surface area contributed by atoms with Gasteiger partial charge in [-0.3, -0.25) is 0 Å². The summed E-state index contributed by atoms with van der Waals surface area (Å²) < 4.78 is 5.38. The van der Waals surface area contributed by atoms with E-state index in [2.05, 4.69) is 15.5 Å². The Kier molecular flexibility index (Phi) is 6.12. The number of alkyl carbamates (subject to hydrolysis) is 1. The van der Waals surface area contributed by atoms with E-state index >= 15 is 0 Å². The van der Waals surface area contributed by atoms with Crippen LogP contribution in [0.2, 0.25) is 5.15 Å². The molecule has 2 heterocycles. The third-order valence-electron chi connectivity index (χ3n) is 4.20. The molecule has 1 fully saturated rings. The first-order chi connectivity index (χ1) is 12.1. The fourth-order valence-corrected chi connectivity index (χ4v) is 2.93. The van der Waals surface area contributed by atoms with Crippen LogP contribution in [0.4, 0.5) is 16.3 Å². The lowest BCUT2D eigenvalue weighted by molar-refractivity contribution is -0.142. The summed E-state index contributed by atoms with van der Waals surface area (Å²) in [5.74, 6) is -0.803. The van der Waals surface area contributed by atoms with E-state index in [1.165, 1.54) is 0 Å². The smallest absolute Gasteiger partial charge is 0.408 e. The molecule has 0 saturated carbocycles. The molecule has 9 nitrogen and oxygen atoms in total. The maximum atomic E-state index is 12.1. The summed E-state index contributed by atoms with van der Waals surface area (Å²) in [4.78, 5) is 25.4. The number of rotatable bonds is 4. The molecule has 1 aromatic heterocycles. The molecule has 1 atom stereocenters. The second kappa shape index (κ2) is 7.94. The van der Waals surface area contributed by atoms with Crippen LogP contribution in [0.25, 0.3) is 0 Å². The molecule has 1 amide bonds. The molecule has 0 aromatic carbocycles. The van der Waals surface area contributed by atoms with Gasteiger partial charge in [0.25, 0.3) is 0 Å². The third-order valence-corrected chi connectivity index (χ3v) is 4.39. The lowest BCUT2D eigenvalue weighted by atomic mass is 9.87. The SMILES string of the molecule is CC(C)(C)C(NC(=O)OC1CCN(c2cc(Cl)nnc2N)CC1)C(=O)O. The van der Waals surface area contributed by atoms with Gasteiger partial charge in [0.2, 0.25) is 0 Å². The van der Waals surface area contributed by atoms with Crippen LogP contribution in [0.3, 0.4) is 0 Å². The van der Waals surface area contributed by atoms with Gasteiger partial charge < -0.3 is 25.8 Å². The number of amides is 1. The minimum Gasteiger partial charge on any atom is -0.480 e. The van der Waals surface area contributed by atoms with E-state index in [4.69, 9.17) is 22.1 Å². The molecule has 0 aliphatic carbocycles. The van der Waals surface area contributed by atoms with Crippen LogP contribution >= 0.6 is 11.6 Å². The van der Waals surface area contributed by atoms with Crippen LogP contribution < -0.4 is 16.0 Å². The summed E-state index contributed by atoms with van der Waals surface area (Å²) in [7, 11) is 0. The molecule has 0 bridgehead atoms. The summed E-state index contributed by atoms with van der Waals surface area (Å²) in [5.41, 5.74) is 5.91. The molecule has 10 heteroatoms. The van der Waals surface area contributed by atoms with Crippen molar-refractivity contribution in [3.05, 3.63) is 11.2 Å². The molecule has 1 unspecified atom stereocenters. The molecular formula is C16H24ClN5O4. The summed E-state index contributed by atoms with van der Waals surface area (Å²) in [6, 6.07) is 0.624. The van der Waals surface area contributed by atoms with Crippen LogP contribution in [0, 0.1) is 5.41 Å². The first-order valence-corrected chi connectivity index (χ1v) is 8.69. The summed E-state index contributed by atoms with van der Waals surface area (Å²) >= 11 is 5.86. The van der Waals surface area contributed by atoms with Gasteiger partial charge in [-0.05, 0) is 5.41 Å². The van der Waals surface area contributed by atoms with Gasteiger partial charge in [0.15, 0.2) is 11.0 Å². The maximum absolute atomic E-state index is 12.1. The molecule has 1 aromatic rings. The van der Waals surface area contributed by atoms with Crippen molar-refractivity contribution in [1.29, 1.82) is 0 Å². The highest BCUT2D eigenvalue weighted by Gasteiger charge is 2.34. The predicted octanol–water partition coefficient (Wildman–Crippen LogP) is 1.91. The summed E-state index contributed by atoms with van der Waals surface area (Å²) in [6.07, 6.45) is 0.145. The lowest BCUT2D eigenvalue weighted by Gasteiger charge is -2.34. The number of ether oxygens (including phenoxy) is 1. The average molecular weight is 386 g/mol. The number of anilines is 2. The largest absolute Gasteiger partial charge is 0.480 e. The number of hydrogen-bond donors (Lipinski definition) is 3. The number of nitrogens with two attached hydrogens (primary N) is 1. The van der Waals surface area contributed by atoms with Crippen molar-refractivity contribution in [1.82, 2.24) is 15.5 Å². The molecule has 1 saturated heterocycles. The second-order valence-corrected chi connectivity index (χ2v) is 7.70. The van der Waals surface area contributed by atoms with E-state index in [9.17, 15) is 14.7 Å². The van der Waals surface area contributed by atoms with Crippen molar-refractivity contribution in [2.45, 2.75) is 45.8 Å². The molecule has 144 valence electrons. The molecule has 0 radical (unpaired) electrons. The van der Waals surface area contributed by atoms with Gasteiger partial charge in [0.05, 0.1) is 5.69 Å². The Morgan fingerprint density at radius 3 is 2.54 bits per heavy atom. The zero-order chi connectivity index (χ0) is 19.5. The average Bonchev–Trinajstić information content (AvgIpc) is 2.54. The fourth-order valence-electron chi connectivity index (χ4n) is 2.79. The van der Waals surface area contributed by atoms with Crippen molar-refractivity contribution < 1.29 is 19.4 Å². The Labute approximate surface area is 156 Å². The van der Waals surface area contributed by atoms with Crippen LogP contribution in [0.15, 0.2) is 6.07 Å². The van der Waals surface area contributed by atoms with E-state index in [-0.39, 0.29) is 11.3 Å². The van der Waals surface area contributed by atoms with Crippen LogP contribution in [-0.2, 0) is 9.53 Å². The van der Waals surface area contributed by atoms with Gasteiger partial charge in [0, 0.05) is 32.0 Å². The van der Waals surface area contributed by atoms with E-state index in [0.717, 1.165) is 0 Å². The van der Waals surface area contributed by atoms with Crippen LogP contribution in [-0.4, -0.2) is 52.6 Å². The minimum atomic E-state index is -1.10. The Morgan fingerprint density at radius 1 is 1.38 bits per heavy atom. The van der Waals surface area contributed by atoms with E-state index in [1.807, 2.05) is 4.90 Å². The highest BCUT2D eigenvalue weighted by atomic mass is 35.5. The molecule has 1 aliphatic rings. The molecular weight excluding hydrogens is 362 g/mol. The zero-order valence-electron chi connectivity index (χ0n) is 15.0. The Hall–Kier alpha value is -2.29. The van der Waals surface area contributed by atoms with E-state index < -0.39 is 23.5 Å². The number of halogens is 1. The highest BCUT2D eigenvalue weighted by molar-refractivity contribution is 6.29. The van der Waals surface area contributed by atoms with Crippen molar-refractivity contribution in [3.8, 4) is 0 Å². The Morgan fingerprint density at radius 2 is 2.00 bits per heavy atom. The molecule has 2 rings (SSSR count). The second-order valence-electron chi connectivity index (χ2n) is 7.31. The predicted molar refractivity (Wildman–Crippen MR) is 97.2 cm³/mol. The summed E-state index contributed by atoms with van der Waals surface area (Å²) in [5, 5.41) is 19.4. The topological polar surface area (TPSA) is 131 Å². The van der Waals surface area contributed by atoms with Gasteiger partial charge in [-0.2, -0.15) is 0 Å². The molecule has 4 N–H and O–H groups in total. The molecule has 26 heavy (non-hydrogen) atoms.